The SMILES string of the molecule is CCC(=O)/N=C(\NC(=O)OC)Nc1cc(OS(=O)(=O)c2ccccc2)ccc1NC(C)=O. The molecule has 0 unspecified atom stereocenters. The molecule has 12 heteroatoms. The lowest BCUT2D eigenvalue weighted by Gasteiger charge is -2.16. The van der Waals surface area contributed by atoms with Gasteiger partial charge in [-0.25, -0.2) is 4.79 Å². The highest BCUT2D eigenvalue weighted by molar-refractivity contribution is 7.87. The molecule has 0 fully saturated rings. The van der Waals surface area contributed by atoms with Crippen LogP contribution < -0.4 is 20.1 Å². The number of guanidine groups is 1. The van der Waals surface area contributed by atoms with Crippen LogP contribution in [0.4, 0.5) is 16.2 Å². The Morgan fingerprint density at radius 3 is 2.28 bits per heavy atom. The molecule has 3 amide bonds. The predicted octanol–water partition coefficient (Wildman–Crippen LogP) is 2.47. The number of amides is 3. The normalized spacial score (nSPS) is 11.3. The molecule has 0 aliphatic rings. The van der Waals surface area contributed by atoms with E-state index in [9.17, 15) is 22.8 Å². The van der Waals surface area contributed by atoms with Crippen molar-refractivity contribution < 1.29 is 31.7 Å². The second-order valence-electron chi connectivity index (χ2n) is 6.19. The van der Waals surface area contributed by atoms with Crippen molar-refractivity contribution in [2.24, 2.45) is 4.99 Å². The van der Waals surface area contributed by atoms with Crippen LogP contribution in [0.5, 0.6) is 5.75 Å². The molecule has 0 heterocycles. The molecule has 2 rings (SSSR count). The minimum Gasteiger partial charge on any atom is -0.453 e. The van der Waals surface area contributed by atoms with E-state index in [0.29, 0.717) is 0 Å². The van der Waals surface area contributed by atoms with Gasteiger partial charge in [-0.15, -0.1) is 0 Å². The van der Waals surface area contributed by atoms with Gasteiger partial charge >= 0.3 is 16.2 Å². The second-order valence-corrected chi connectivity index (χ2v) is 7.73. The summed E-state index contributed by atoms with van der Waals surface area (Å²) in [5.74, 6) is -1.35. The molecule has 0 bridgehead atoms. The first kappa shape index (κ1) is 24.3. The molecular formula is C20H22N4O7S. The summed E-state index contributed by atoms with van der Waals surface area (Å²) in [7, 11) is -3.00. The van der Waals surface area contributed by atoms with Gasteiger partial charge in [-0.1, -0.05) is 25.1 Å². The zero-order chi connectivity index (χ0) is 23.7. The molecule has 0 radical (unpaired) electrons. The van der Waals surface area contributed by atoms with Gasteiger partial charge in [0.25, 0.3) is 0 Å². The first-order chi connectivity index (χ1) is 15.1. The predicted molar refractivity (Wildman–Crippen MR) is 117 cm³/mol. The average Bonchev–Trinajstić information content (AvgIpc) is 2.75. The molecule has 0 spiro atoms. The van der Waals surface area contributed by atoms with Crippen LogP contribution in [0.25, 0.3) is 0 Å². The Balaban J connectivity index is 2.43. The number of aliphatic imine (C=N–C) groups is 1. The molecule has 0 atom stereocenters. The highest BCUT2D eigenvalue weighted by Gasteiger charge is 2.18. The van der Waals surface area contributed by atoms with Crippen LogP contribution in [0.1, 0.15) is 20.3 Å². The maximum atomic E-state index is 12.5. The van der Waals surface area contributed by atoms with Gasteiger partial charge in [-0.3, -0.25) is 14.9 Å². The van der Waals surface area contributed by atoms with E-state index in [0.717, 1.165) is 7.11 Å². The van der Waals surface area contributed by atoms with Gasteiger partial charge in [-0.2, -0.15) is 13.4 Å². The second kappa shape index (κ2) is 10.9. The summed E-state index contributed by atoms with van der Waals surface area (Å²) in [4.78, 5) is 38.6. The summed E-state index contributed by atoms with van der Waals surface area (Å²) >= 11 is 0. The lowest BCUT2D eigenvalue weighted by molar-refractivity contribution is -0.117. The number of nitrogens with one attached hydrogen (secondary N) is 3. The van der Waals surface area contributed by atoms with Crippen molar-refractivity contribution in [1.29, 1.82) is 0 Å². The van der Waals surface area contributed by atoms with Gasteiger partial charge in [0.15, 0.2) is 0 Å². The Bertz CT molecular complexity index is 1130. The lowest BCUT2D eigenvalue weighted by atomic mass is 10.2. The molecule has 11 nitrogen and oxygen atoms in total. The maximum Gasteiger partial charge on any atom is 0.413 e. The van der Waals surface area contributed by atoms with Gasteiger partial charge in [-0.05, 0) is 24.3 Å². The zero-order valence-corrected chi connectivity index (χ0v) is 18.4. The van der Waals surface area contributed by atoms with Crippen LogP contribution >= 0.6 is 0 Å². The van der Waals surface area contributed by atoms with Gasteiger partial charge in [0, 0.05) is 19.4 Å². The monoisotopic (exact) mass is 462 g/mol. The zero-order valence-electron chi connectivity index (χ0n) is 17.5. The molecule has 2 aromatic carbocycles. The Morgan fingerprint density at radius 2 is 1.69 bits per heavy atom. The van der Waals surface area contributed by atoms with E-state index in [-0.39, 0.29) is 34.4 Å². The Morgan fingerprint density at radius 1 is 1.00 bits per heavy atom. The fourth-order valence-corrected chi connectivity index (χ4v) is 3.25. The Kier molecular flexibility index (Phi) is 8.30. The van der Waals surface area contributed by atoms with Crippen LogP contribution in [-0.4, -0.2) is 39.4 Å². The van der Waals surface area contributed by atoms with Crippen LogP contribution in [0, 0.1) is 0 Å². The summed E-state index contributed by atoms with van der Waals surface area (Å²) in [6, 6.07) is 11.5. The highest BCUT2D eigenvalue weighted by atomic mass is 32.2. The molecule has 0 aromatic heterocycles. The number of hydrogen-bond donors (Lipinski definition) is 3. The van der Waals surface area contributed by atoms with Crippen molar-refractivity contribution in [3.8, 4) is 5.75 Å². The van der Waals surface area contributed by atoms with E-state index < -0.39 is 28.0 Å². The van der Waals surface area contributed by atoms with Gasteiger partial charge in [0.05, 0.1) is 18.5 Å². The van der Waals surface area contributed by atoms with Gasteiger partial charge < -0.3 is 19.6 Å². The van der Waals surface area contributed by atoms with E-state index in [1.54, 1.807) is 25.1 Å². The molecule has 0 saturated carbocycles. The third-order valence-electron chi connectivity index (χ3n) is 3.74. The number of nitrogens with zero attached hydrogens (tertiary/aromatic N) is 1. The quantitative estimate of drug-likeness (QED) is 0.336. The van der Waals surface area contributed by atoms with Crippen molar-refractivity contribution in [2.45, 2.75) is 25.2 Å². The van der Waals surface area contributed by atoms with E-state index >= 15 is 0 Å². The Hall–Kier alpha value is -3.93. The molecule has 0 aliphatic heterocycles. The number of hydrogen-bond acceptors (Lipinski definition) is 7. The van der Waals surface area contributed by atoms with Crippen LogP contribution in [0.2, 0.25) is 0 Å². The van der Waals surface area contributed by atoms with Crippen LogP contribution in [0.3, 0.4) is 0 Å². The standard InChI is InChI=1S/C20H22N4O7S/c1-4-18(26)23-19(24-20(27)30-3)22-17-12-14(10-11-16(17)21-13(2)25)31-32(28,29)15-8-6-5-7-9-15/h5-12H,4H2,1-3H3,(H,21,25)(H2,22,23,24,26,27). The van der Waals surface area contributed by atoms with E-state index in [2.05, 4.69) is 25.7 Å². The van der Waals surface area contributed by atoms with Crippen LogP contribution in [0.15, 0.2) is 58.4 Å². The lowest BCUT2D eigenvalue weighted by Crippen LogP contribution is -2.36. The fraction of sp³-hybridized carbons (Fsp3) is 0.200. The van der Waals surface area contributed by atoms with Crippen molar-refractivity contribution in [3.63, 3.8) is 0 Å². The number of rotatable bonds is 6. The summed E-state index contributed by atoms with van der Waals surface area (Å²) in [5, 5.41) is 7.46. The summed E-state index contributed by atoms with van der Waals surface area (Å²) in [6.45, 7) is 2.85. The minimum atomic E-state index is -4.13. The molecular weight excluding hydrogens is 440 g/mol. The number of benzene rings is 2. The summed E-state index contributed by atoms with van der Waals surface area (Å²) in [5.41, 5.74) is 0.310. The van der Waals surface area contributed by atoms with Crippen molar-refractivity contribution in [2.75, 3.05) is 17.7 Å². The van der Waals surface area contributed by atoms with Crippen molar-refractivity contribution >= 4 is 45.4 Å². The van der Waals surface area contributed by atoms with E-state index in [4.69, 9.17) is 4.18 Å². The molecule has 32 heavy (non-hydrogen) atoms. The van der Waals surface area contributed by atoms with Gasteiger partial charge in [0.2, 0.25) is 17.8 Å². The first-order valence-corrected chi connectivity index (χ1v) is 10.7. The third kappa shape index (κ3) is 7.09. The molecule has 0 saturated heterocycles. The highest BCUT2D eigenvalue weighted by Crippen LogP contribution is 2.29. The number of carbonyl (C=O) groups excluding carboxylic acids is 3. The molecule has 3 N–H and O–H groups in total. The number of anilines is 2. The van der Waals surface area contributed by atoms with Crippen molar-refractivity contribution in [3.05, 3.63) is 48.5 Å². The number of ether oxygens (including phenoxy) is 1. The van der Waals surface area contributed by atoms with E-state index in [1.165, 1.54) is 37.3 Å². The maximum absolute atomic E-state index is 12.5. The number of carbonyl (C=O) groups is 3. The van der Waals surface area contributed by atoms with Crippen LogP contribution in [-0.2, 0) is 24.4 Å². The average molecular weight is 462 g/mol. The largest absolute Gasteiger partial charge is 0.453 e. The van der Waals surface area contributed by atoms with Crippen molar-refractivity contribution in [1.82, 2.24) is 5.32 Å². The third-order valence-corrected chi connectivity index (χ3v) is 5.00. The smallest absolute Gasteiger partial charge is 0.413 e. The fourth-order valence-electron chi connectivity index (χ4n) is 2.31. The summed E-state index contributed by atoms with van der Waals surface area (Å²) < 4.78 is 34.7. The Labute approximate surface area is 184 Å². The summed E-state index contributed by atoms with van der Waals surface area (Å²) in [6.07, 6.45) is -0.842. The van der Waals surface area contributed by atoms with E-state index in [1.807, 2.05) is 0 Å². The molecule has 0 aliphatic carbocycles. The molecule has 2 aromatic rings. The number of methoxy groups -OCH3 is 1. The minimum absolute atomic E-state index is 0.0522. The van der Waals surface area contributed by atoms with Gasteiger partial charge in [0.1, 0.15) is 10.6 Å². The first-order valence-electron chi connectivity index (χ1n) is 9.29. The number of alkyl carbamates (subject to hydrolysis) is 1. The topological polar surface area (TPSA) is 152 Å². The molecule has 170 valence electrons.